The van der Waals surface area contributed by atoms with Crippen LogP contribution in [-0.2, 0) is 21.1 Å². The van der Waals surface area contributed by atoms with Crippen molar-refractivity contribution in [2.75, 3.05) is 36.8 Å². The van der Waals surface area contributed by atoms with Crippen LogP contribution in [0.4, 0.5) is 20.2 Å². The topological polar surface area (TPSA) is 179 Å². The normalized spacial score (nSPS) is 23.0. The van der Waals surface area contributed by atoms with Gasteiger partial charge in [-0.1, -0.05) is 12.1 Å². The molecule has 1 unspecified atom stereocenters. The van der Waals surface area contributed by atoms with Crippen LogP contribution < -0.4 is 16.0 Å². The lowest BCUT2D eigenvalue weighted by Gasteiger charge is -2.53. The van der Waals surface area contributed by atoms with Gasteiger partial charge in [0, 0.05) is 55.0 Å². The van der Waals surface area contributed by atoms with E-state index < -0.39 is 52.8 Å². The fourth-order valence-corrected chi connectivity index (χ4v) is 10.9. The first-order valence-corrected chi connectivity index (χ1v) is 22.7. The average Bonchev–Trinajstić information content (AvgIpc) is 3.77. The van der Waals surface area contributed by atoms with Crippen molar-refractivity contribution in [3.63, 3.8) is 0 Å². The highest BCUT2D eigenvalue weighted by Crippen LogP contribution is 2.54. The van der Waals surface area contributed by atoms with Crippen molar-refractivity contribution in [3.05, 3.63) is 82.8 Å². The van der Waals surface area contributed by atoms with Gasteiger partial charge in [-0.2, -0.15) is 13.9 Å². The van der Waals surface area contributed by atoms with Crippen LogP contribution in [0.15, 0.2) is 54.7 Å². The zero-order chi connectivity index (χ0) is 45.1. The molecule has 4 aromatic rings. The van der Waals surface area contributed by atoms with Gasteiger partial charge in [-0.3, -0.25) is 38.9 Å². The van der Waals surface area contributed by atoms with Crippen molar-refractivity contribution >= 4 is 51.8 Å². The summed E-state index contributed by atoms with van der Waals surface area (Å²) in [5, 5.41) is 25.2. The molecule has 4 N–H and O–H groups in total. The Kier molecular flexibility index (Phi) is 11.4. The Bertz CT molecular complexity index is 2500. The molecule has 16 heteroatoms. The third kappa shape index (κ3) is 8.65. The second-order valence-corrected chi connectivity index (χ2v) is 19.5. The summed E-state index contributed by atoms with van der Waals surface area (Å²) < 4.78 is 29.9. The molecule has 5 amide bonds. The molecule has 3 aliphatic heterocycles. The average molecular weight is 879 g/mol. The van der Waals surface area contributed by atoms with Crippen molar-refractivity contribution in [1.82, 2.24) is 29.9 Å². The molecular weight excluding hydrogens is 823 g/mol. The number of imide groups is 2. The summed E-state index contributed by atoms with van der Waals surface area (Å²) in [4.78, 5) is 71.6. The number of aliphatic hydroxyl groups is 1. The fraction of sp³-hybridized carbons (Fsp3) is 0.521. The van der Waals surface area contributed by atoms with Gasteiger partial charge in [0.25, 0.3) is 23.6 Å². The maximum absolute atomic E-state index is 13.9. The Morgan fingerprint density at radius 1 is 0.922 bits per heavy atom. The van der Waals surface area contributed by atoms with E-state index in [1.54, 1.807) is 44.2 Å². The minimum absolute atomic E-state index is 0.0837. The van der Waals surface area contributed by atoms with E-state index in [1.807, 2.05) is 10.9 Å². The molecular formula is C48H56F2N8O6. The van der Waals surface area contributed by atoms with Crippen molar-refractivity contribution in [2.24, 2.45) is 17.3 Å². The molecule has 2 saturated carbocycles. The zero-order valence-corrected chi connectivity index (χ0v) is 36.6. The first-order chi connectivity index (χ1) is 30.4. The molecule has 2 aliphatic carbocycles. The molecule has 64 heavy (non-hydrogen) atoms. The highest BCUT2D eigenvalue weighted by atomic mass is 19.3. The van der Waals surface area contributed by atoms with Gasteiger partial charge >= 0.3 is 0 Å². The molecule has 2 aromatic carbocycles. The van der Waals surface area contributed by atoms with Crippen LogP contribution in [-0.4, -0.2) is 91.4 Å². The molecule has 1 atom stereocenters. The lowest BCUT2D eigenvalue weighted by molar-refractivity contribution is -0.136. The van der Waals surface area contributed by atoms with Crippen molar-refractivity contribution in [2.45, 2.75) is 115 Å². The molecule has 14 nitrogen and oxygen atoms in total. The van der Waals surface area contributed by atoms with Gasteiger partial charge in [0.1, 0.15) is 17.4 Å². The second kappa shape index (κ2) is 16.7. The van der Waals surface area contributed by atoms with Crippen LogP contribution in [0.1, 0.15) is 140 Å². The van der Waals surface area contributed by atoms with Crippen LogP contribution >= 0.6 is 0 Å². The predicted octanol–water partition coefficient (Wildman–Crippen LogP) is 7.15. The van der Waals surface area contributed by atoms with E-state index in [4.69, 9.17) is 5.10 Å². The number of amides is 5. The Morgan fingerprint density at radius 2 is 1.66 bits per heavy atom. The number of hydrogen-bond donors (Lipinski definition) is 4. The van der Waals surface area contributed by atoms with E-state index in [0.29, 0.717) is 51.8 Å². The largest absolute Gasteiger partial charge is 0.386 e. The number of fused-ring (bicyclic) bond motifs is 2. The number of pyridine rings is 1. The summed E-state index contributed by atoms with van der Waals surface area (Å²) >= 11 is 0. The number of likely N-dealkylation sites (tertiary alicyclic amines) is 1. The summed E-state index contributed by atoms with van der Waals surface area (Å²) in [6, 6.07) is 11.9. The highest BCUT2D eigenvalue weighted by molar-refractivity contribution is 6.25. The van der Waals surface area contributed by atoms with E-state index in [9.17, 15) is 37.9 Å². The van der Waals surface area contributed by atoms with Crippen molar-refractivity contribution < 1.29 is 37.9 Å². The van der Waals surface area contributed by atoms with Crippen LogP contribution in [0.2, 0.25) is 0 Å². The minimum atomic E-state index is -3.19. The Labute approximate surface area is 370 Å². The Morgan fingerprint density at radius 3 is 2.36 bits per heavy atom. The SMILES string of the molecule is CC(C)(O)c1cc2nn([C@H]3CC[C@H](CN4CCC5(CC4)CC(CCNc4cccc6c4C(=O)N(C4CCC(=O)NC4=O)C6=O)C5)CC3)cc2cc1NC(=O)c1cccc(C(C)(F)F)n1. The highest BCUT2D eigenvalue weighted by Gasteiger charge is 2.47. The molecule has 5 heterocycles. The molecule has 2 saturated heterocycles. The van der Waals surface area contributed by atoms with Gasteiger partial charge in [-0.05, 0) is 145 Å². The molecule has 0 bridgehead atoms. The van der Waals surface area contributed by atoms with Gasteiger partial charge in [0.05, 0.1) is 28.3 Å². The molecule has 4 fully saturated rings. The maximum atomic E-state index is 13.9. The lowest BCUT2D eigenvalue weighted by Crippen LogP contribution is -2.54. The zero-order valence-electron chi connectivity index (χ0n) is 36.6. The molecule has 1 spiro atoms. The summed E-state index contributed by atoms with van der Waals surface area (Å²) in [5.41, 5.74) is 1.16. The summed E-state index contributed by atoms with van der Waals surface area (Å²) in [5.74, 6) is -4.62. The number of halogens is 2. The van der Waals surface area contributed by atoms with Gasteiger partial charge < -0.3 is 20.6 Å². The molecule has 0 radical (unpaired) electrons. The van der Waals surface area contributed by atoms with E-state index in [1.165, 1.54) is 43.9 Å². The third-order valence-electron chi connectivity index (χ3n) is 14.4. The summed E-state index contributed by atoms with van der Waals surface area (Å²) in [6.07, 6.45) is 12.2. The smallest absolute Gasteiger partial charge is 0.287 e. The van der Waals surface area contributed by atoms with Crippen molar-refractivity contribution in [3.8, 4) is 0 Å². The first kappa shape index (κ1) is 43.6. The number of alkyl halides is 2. The molecule has 338 valence electrons. The van der Waals surface area contributed by atoms with Crippen molar-refractivity contribution in [1.29, 1.82) is 0 Å². The number of nitrogens with zero attached hydrogens (tertiary/aromatic N) is 5. The quantitative estimate of drug-likeness (QED) is 0.107. The van der Waals surface area contributed by atoms with E-state index in [2.05, 4.69) is 25.8 Å². The van der Waals surface area contributed by atoms with Gasteiger partial charge in [0.15, 0.2) is 0 Å². The number of nitrogens with one attached hydrogen (secondary N) is 3. The standard InChI is InChI=1S/C48H56F2N8O6/c1-46(2,64)33-23-36-30(22-37(33)53-42(60)35-8-5-9-39(52-35)47(3,49)50)27-57(55-36)31-12-10-28(11-13-31)26-56-20-17-48(18-21-56)24-29(25-48)16-19-51-34-7-4-6-32-41(34)45(63)58(44(32)62)38-14-15-40(59)54-43(38)61/h4-9,22-23,27-29,31,38,51,64H,10-21,24-26H2,1-3H3,(H,53,60)(H,54,59,61)/t28-,31-,38?. The third-order valence-corrected chi connectivity index (χ3v) is 14.4. The van der Waals surface area contributed by atoms with Crippen LogP contribution in [0.25, 0.3) is 10.9 Å². The molecule has 5 aliphatic rings. The van der Waals surface area contributed by atoms with Crippen LogP contribution in [0.5, 0.6) is 0 Å². The van der Waals surface area contributed by atoms with E-state index >= 15 is 0 Å². The molecule has 2 aromatic heterocycles. The van der Waals surface area contributed by atoms with Gasteiger partial charge in [-0.15, -0.1) is 0 Å². The number of benzene rings is 2. The second-order valence-electron chi connectivity index (χ2n) is 19.5. The number of hydrogen-bond acceptors (Lipinski definition) is 10. The number of carbonyl (C=O) groups is 5. The maximum Gasteiger partial charge on any atom is 0.287 e. The fourth-order valence-electron chi connectivity index (χ4n) is 10.9. The number of aromatic nitrogens is 3. The summed E-state index contributed by atoms with van der Waals surface area (Å²) in [7, 11) is 0. The van der Waals surface area contributed by atoms with Gasteiger partial charge in [-0.25, -0.2) is 4.98 Å². The predicted molar refractivity (Wildman–Crippen MR) is 235 cm³/mol. The van der Waals surface area contributed by atoms with Crippen LogP contribution in [0.3, 0.4) is 0 Å². The number of rotatable bonds is 12. The van der Waals surface area contributed by atoms with Gasteiger partial charge in [0.2, 0.25) is 11.8 Å². The Balaban J connectivity index is 0.730. The Hall–Kier alpha value is -5.61. The van der Waals surface area contributed by atoms with E-state index in [-0.39, 0.29) is 30.1 Å². The minimum Gasteiger partial charge on any atom is -0.386 e. The number of anilines is 2. The lowest BCUT2D eigenvalue weighted by atomic mass is 9.57. The van der Waals surface area contributed by atoms with Crippen LogP contribution in [0, 0.1) is 17.3 Å². The monoisotopic (exact) mass is 878 g/mol. The number of piperidine rings is 2. The summed E-state index contributed by atoms with van der Waals surface area (Å²) in [6.45, 7) is 8.00. The number of carbonyl (C=O) groups excluding carboxylic acids is 5. The molecule has 9 rings (SSSR count). The first-order valence-electron chi connectivity index (χ1n) is 22.7. The van der Waals surface area contributed by atoms with E-state index in [0.717, 1.165) is 68.9 Å².